The van der Waals surface area contributed by atoms with Crippen LogP contribution in [0, 0.1) is 0 Å². The van der Waals surface area contributed by atoms with E-state index in [4.69, 9.17) is 11.6 Å². The topological polar surface area (TPSA) is 42.9 Å². The number of hydrogen-bond donors (Lipinski definition) is 0. The molecule has 0 atom stereocenters. The third-order valence-electron chi connectivity index (χ3n) is 4.36. The summed E-state index contributed by atoms with van der Waals surface area (Å²) in [6.45, 7) is 0. The predicted molar refractivity (Wildman–Crippen MR) is 91.1 cm³/mol. The Bertz CT molecular complexity index is 920. The van der Waals surface area contributed by atoms with Gasteiger partial charge in [0.2, 0.25) is 0 Å². The highest BCUT2D eigenvalue weighted by Gasteiger charge is 2.18. The van der Waals surface area contributed by atoms with Crippen LogP contribution < -0.4 is 0 Å². The van der Waals surface area contributed by atoms with E-state index in [0.29, 0.717) is 16.3 Å². The first-order valence-corrected chi connectivity index (χ1v) is 8.18. The van der Waals surface area contributed by atoms with Gasteiger partial charge in [-0.3, -0.25) is 9.78 Å². The van der Waals surface area contributed by atoms with E-state index in [1.165, 1.54) is 12.0 Å². The van der Waals surface area contributed by atoms with Crippen molar-refractivity contribution in [2.24, 2.45) is 0 Å². The molecule has 2 aromatic heterocycles. The van der Waals surface area contributed by atoms with Crippen LogP contribution in [0.4, 0.5) is 0 Å². The van der Waals surface area contributed by atoms with Crippen LogP contribution in [0.3, 0.4) is 0 Å². The van der Waals surface area contributed by atoms with Crippen LogP contribution in [-0.2, 0) is 12.8 Å². The molecule has 0 spiro atoms. The van der Waals surface area contributed by atoms with E-state index < -0.39 is 0 Å². The number of aromatic nitrogens is 2. The quantitative estimate of drug-likeness (QED) is 0.519. The molecule has 0 saturated carbocycles. The number of carbonyl (C=O) groups is 1. The Kier molecular flexibility index (Phi) is 3.58. The predicted octanol–water partition coefficient (Wildman–Crippen LogP) is 4.39. The lowest BCUT2D eigenvalue weighted by Gasteiger charge is -2.15. The minimum absolute atomic E-state index is 0.0497. The van der Waals surface area contributed by atoms with Gasteiger partial charge in [-0.1, -0.05) is 29.8 Å². The minimum atomic E-state index is -0.0497. The Morgan fingerprint density at radius 2 is 1.91 bits per heavy atom. The van der Waals surface area contributed by atoms with Crippen LogP contribution in [0.25, 0.3) is 10.9 Å². The van der Waals surface area contributed by atoms with E-state index in [1.54, 1.807) is 12.3 Å². The van der Waals surface area contributed by atoms with Crippen molar-refractivity contribution in [1.82, 2.24) is 9.97 Å². The molecule has 3 aromatic rings. The average Bonchev–Trinajstić information content (AvgIpc) is 2.60. The highest BCUT2D eigenvalue weighted by atomic mass is 35.5. The van der Waals surface area contributed by atoms with Gasteiger partial charge in [-0.25, -0.2) is 4.98 Å². The van der Waals surface area contributed by atoms with Gasteiger partial charge in [0.05, 0.1) is 5.52 Å². The molecule has 3 nitrogen and oxygen atoms in total. The molecule has 114 valence electrons. The maximum absolute atomic E-state index is 13.0. The smallest absolute Gasteiger partial charge is 0.195 e. The van der Waals surface area contributed by atoms with Crippen molar-refractivity contribution in [2.75, 3.05) is 0 Å². The van der Waals surface area contributed by atoms with E-state index in [1.807, 2.05) is 30.3 Å². The molecule has 1 aromatic carbocycles. The van der Waals surface area contributed by atoms with Gasteiger partial charge in [0.15, 0.2) is 5.78 Å². The molecule has 23 heavy (non-hydrogen) atoms. The van der Waals surface area contributed by atoms with Gasteiger partial charge in [-0.2, -0.15) is 0 Å². The molecule has 0 aliphatic heterocycles. The van der Waals surface area contributed by atoms with Gasteiger partial charge in [0.25, 0.3) is 0 Å². The van der Waals surface area contributed by atoms with E-state index in [2.05, 4.69) is 9.97 Å². The summed E-state index contributed by atoms with van der Waals surface area (Å²) in [7, 11) is 0. The second-order valence-corrected chi connectivity index (χ2v) is 6.26. The minimum Gasteiger partial charge on any atom is -0.289 e. The van der Waals surface area contributed by atoms with Crippen molar-refractivity contribution in [3.63, 3.8) is 0 Å². The molecule has 0 fully saturated rings. The molecule has 1 aliphatic rings. The van der Waals surface area contributed by atoms with Crippen LogP contribution in [0.2, 0.25) is 5.15 Å². The van der Waals surface area contributed by atoms with E-state index in [-0.39, 0.29) is 5.78 Å². The summed E-state index contributed by atoms with van der Waals surface area (Å²) in [5.74, 6) is -0.0497. The summed E-state index contributed by atoms with van der Waals surface area (Å²) >= 11 is 6.09. The van der Waals surface area contributed by atoms with Crippen molar-refractivity contribution in [1.29, 1.82) is 0 Å². The third kappa shape index (κ3) is 2.62. The van der Waals surface area contributed by atoms with Gasteiger partial charge in [-0.15, -0.1) is 0 Å². The molecule has 1 aliphatic carbocycles. The van der Waals surface area contributed by atoms with E-state index in [9.17, 15) is 4.79 Å². The van der Waals surface area contributed by atoms with Crippen LogP contribution in [0.15, 0.2) is 42.6 Å². The van der Waals surface area contributed by atoms with Crippen molar-refractivity contribution in [3.05, 3.63) is 70.1 Å². The maximum Gasteiger partial charge on any atom is 0.195 e. The van der Waals surface area contributed by atoms with Crippen molar-refractivity contribution in [2.45, 2.75) is 25.7 Å². The largest absolute Gasteiger partial charge is 0.289 e. The number of rotatable bonds is 2. The molecule has 4 heteroatoms. The lowest BCUT2D eigenvalue weighted by molar-refractivity contribution is 0.103. The summed E-state index contributed by atoms with van der Waals surface area (Å²) in [5, 5.41) is 1.15. The van der Waals surface area contributed by atoms with Gasteiger partial charge in [0, 0.05) is 28.4 Å². The third-order valence-corrected chi connectivity index (χ3v) is 4.55. The van der Waals surface area contributed by atoms with Crippen molar-refractivity contribution < 1.29 is 4.79 Å². The second kappa shape index (κ2) is 5.74. The first-order valence-electron chi connectivity index (χ1n) is 7.80. The van der Waals surface area contributed by atoms with Crippen LogP contribution >= 0.6 is 11.6 Å². The molecular formula is C19H15ClN2O. The van der Waals surface area contributed by atoms with Gasteiger partial charge < -0.3 is 0 Å². The molecule has 0 N–H and O–H groups in total. The van der Waals surface area contributed by atoms with Gasteiger partial charge in [-0.05, 0) is 49.4 Å². The molecule has 0 bridgehead atoms. The Hall–Kier alpha value is -2.26. The number of fused-ring (bicyclic) bond motifs is 2. The number of pyridine rings is 2. The maximum atomic E-state index is 13.0. The fraction of sp³-hybridized carbons (Fsp3) is 0.211. The summed E-state index contributed by atoms with van der Waals surface area (Å²) in [4.78, 5) is 21.8. The monoisotopic (exact) mass is 322 g/mol. The van der Waals surface area contributed by atoms with Crippen LogP contribution in [-0.4, -0.2) is 15.8 Å². The summed E-state index contributed by atoms with van der Waals surface area (Å²) in [5.41, 5.74) is 4.27. The number of carbonyl (C=O) groups excluding carboxylic acids is 1. The van der Waals surface area contributed by atoms with Gasteiger partial charge in [0.1, 0.15) is 5.15 Å². The number of nitrogens with zero attached hydrogens (tertiary/aromatic N) is 2. The first-order chi connectivity index (χ1) is 11.2. The highest BCUT2D eigenvalue weighted by molar-refractivity contribution is 6.31. The number of para-hydroxylation sites is 1. The number of benzene rings is 1. The zero-order chi connectivity index (χ0) is 15.8. The molecule has 4 rings (SSSR count). The van der Waals surface area contributed by atoms with Crippen molar-refractivity contribution in [3.8, 4) is 0 Å². The summed E-state index contributed by atoms with van der Waals surface area (Å²) in [6, 6.07) is 11.2. The number of ketones is 1. The van der Waals surface area contributed by atoms with Crippen LogP contribution in [0.5, 0.6) is 0 Å². The van der Waals surface area contributed by atoms with Gasteiger partial charge >= 0.3 is 0 Å². The van der Waals surface area contributed by atoms with Crippen LogP contribution in [0.1, 0.15) is 40.0 Å². The number of aryl methyl sites for hydroxylation is 2. The van der Waals surface area contributed by atoms with E-state index >= 15 is 0 Å². The zero-order valence-corrected chi connectivity index (χ0v) is 13.3. The zero-order valence-electron chi connectivity index (χ0n) is 12.6. The molecule has 0 saturated heterocycles. The van der Waals surface area contributed by atoms with E-state index in [0.717, 1.165) is 35.9 Å². The van der Waals surface area contributed by atoms with Crippen molar-refractivity contribution >= 4 is 28.3 Å². The Labute approximate surface area is 139 Å². The average molecular weight is 323 g/mol. The SMILES string of the molecule is O=C(c1cnc2c(c1)CCCC2)c1cc(Cl)nc2ccccc12. The molecular weight excluding hydrogens is 308 g/mol. The lowest BCUT2D eigenvalue weighted by atomic mass is 9.93. The normalized spacial score (nSPS) is 13.8. The number of halogens is 1. The highest BCUT2D eigenvalue weighted by Crippen LogP contribution is 2.25. The molecule has 0 unspecified atom stereocenters. The second-order valence-electron chi connectivity index (χ2n) is 5.88. The number of hydrogen-bond acceptors (Lipinski definition) is 3. The fourth-order valence-electron chi connectivity index (χ4n) is 3.20. The summed E-state index contributed by atoms with van der Waals surface area (Å²) < 4.78 is 0. The lowest BCUT2D eigenvalue weighted by Crippen LogP contribution is -2.10. The Balaban J connectivity index is 1.83. The Morgan fingerprint density at radius 1 is 1.09 bits per heavy atom. The first kappa shape index (κ1) is 14.3. The summed E-state index contributed by atoms with van der Waals surface area (Å²) in [6.07, 6.45) is 6.04. The fourth-order valence-corrected chi connectivity index (χ4v) is 3.40. The molecule has 0 amide bonds. The Morgan fingerprint density at radius 3 is 2.83 bits per heavy atom. The standard InChI is InChI=1S/C19H15ClN2O/c20-18-10-15(14-6-2-4-8-17(14)22-18)19(23)13-9-12-5-1-3-7-16(12)21-11-13/h2,4,6,8-11H,1,3,5,7H2. The molecule has 2 heterocycles. The molecule has 0 radical (unpaired) electrons.